The smallest absolute Gasteiger partial charge is 0.305 e. The van der Waals surface area contributed by atoms with Crippen molar-refractivity contribution in [3.05, 3.63) is 34.3 Å². The molecule has 1 amide bonds. The van der Waals surface area contributed by atoms with Gasteiger partial charge in [0.2, 0.25) is 5.91 Å². The summed E-state index contributed by atoms with van der Waals surface area (Å²) in [6.45, 7) is 4.18. The van der Waals surface area contributed by atoms with Gasteiger partial charge < -0.3 is 10.4 Å². The first-order valence-electron chi connectivity index (χ1n) is 7.13. The van der Waals surface area contributed by atoms with Gasteiger partial charge in [-0.15, -0.1) is 0 Å². The number of rotatable bonds is 6. The molecule has 0 saturated heterocycles. The van der Waals surface area contributed by atoms with Crippen molar-refractivity contribution in [3.63, 3.8) is 0 Å². The fourth-order valence-electron chi connectivity index (χ4n) is 2.63. The van der Waals surface area contributed by atoms with Crippen molar-refractivity contribution in [2.75, 3.05) is 0 Å². The van der Waals surface area contributed by atoms with Crippen molar-refractivity contribution in [1.29, 1.82) is 0 Å². The Balaban J connectivity index is 2.11. The van der Waals surface area contributed by atoms with Crippen LogP contribution in [-0.2, 0) is 9.59 Å². The summed E-state index contributed by atoms with van der Waals surface area (Å²) in [5.74, 6) is -0.953. The zero-order valence-corrected chi connectivity index (χ0v) is 13.8. The van der Waals surface area contributed by atoms with E-state index >= 15 is 0 Å². The van der Waals surface area contributed by atoms with Crippen LogP contribution in [0.15, 0.2) is 28.7 Å². The third-order valence-corrected chi connectivity index (χ3v) is 4.92. The number of hydrogen-bond donors (Lipinski definition) is 2. The van der Waals surface area contributed by atoms with Gasteiger partial charge in [0.25, 0.3) is 0 Å². The zero-order valence-electron chi connectivity index (χ0n) is 12.2. The molecule has 5 heteroatoms. The highest BCUT2D eigenvalue weighted by Crippen LogP contribution is 2.54. The van der Waals surface area contributed by atoms with E-state index in [9.17, 15) is 9.59 Å². The van der Waals surface area contributed by atoms with E-state index in [2.05, 4.69) is 35.1 Å². The third-order valence-electron chi connectivity index (χ3n) is 4.42. The Morgan fingerprint density at radius 1 is 1.52 bits per heavy atom. The number of carboxylic acid groups (broad SMARTS) is 1. The van der Waals surface area contributed by atoms with E-state index in [1.807, 2.05) is 24.3 Å². The van der Waals surface area contributed by atoms with Gasteiger partial charge in [0.1, 0.15) is 0 Å². The van der Waals surface area contributed by atoms with Crippen LogP contribution in [0.4, 0.5) is 0 Å². The van der Waals surface area contributed by atoms with Crippen LogP contribution >= 0.6 is 15.9 Å². The van der Waals surface area contributed by atoms with Crippen molar-refractivity contribution in [1.82, 2.24) is 5.32 Å². The molecule has 1 aromatic rings. The lowest BCUT2D eigenvalue weighted by molar-refractivity contribution is -0.137. The molecule has 1 aromatic carbocycles. The number of benzene rings is 1. The SMILES string of the molecule is CCC1(C)CC1C(=O)NC(CC(=O)O)c1cccc(Br)c1. The average molecular weight is 354 g/mol. The summed E-state index contributed by atoms with van der Waals surface area (Å²) in [4.78, 5) is 23.4. The second kappa shape index (κ2) is 6.18. The Hall–Kier alpha value is -1.36. The predicted molar refractivity (Wildman–Crippen MR) is 83.8 cm³/mol. The first-order chi connectivity index (χ1) is 9.85. The highest BCUT2D eigenvalue weighted by molar-refractivity contribution is 9.10. The minimum Gasteiger partial charge on any atom is -0.481 e. The molecule has 3 unspecified atom stereocenters. The van der Waals surface area contributed by atoms with Crippen molar-refractivity contribution < 1.29 is 14.7 Å². The molecule has 0 bridgehead atoms. The minimum absolute atomic E-state index is 0.00551. The van der Waals surface area contributed by atoms with Gasteiger partial charge in [-0.1, -0.05) is 41.9 Å². The maximum Gasteiger partial charge on any atom is 0.305 e. The Morgan fingerprint density at radius 2 is 2.24 bits per heavy atom. The van der Waals surface area contributed by atoms with Crippen LogP contribution < -0.4 is 5.32 Å². The number of amides is 1. The van der Waals surface area contributed by atoms with Gasteiger partial charge in [-0.05, 0) is 36.0 Å². The molecule has 4 nitrogen and oxygen atoms in total. The summed E-state index contributed by atoms with van der Waals surface area (Å²) in [7, 11) is 0. The summed E-state index contributed by atoms with van der Waals surface area (Å²) >= 11 is 3.37. The highest BCUT2D eigenvalue weighted by atomic mass is 79.9. The Kier molecular flexibility index (Phi) is 4.71. The molecule has 2 N–H and O–H groups in total. The van der Waals surface area contributed by atoms with Gasteiger partial charge in [-0.2, -0.15) is 0 Å². The summed E-state index contributed by atoms with van der Waals surface area (Å²) in [5.41, 5.74) is 0.883. The Morgan fingerprint density at radius 3 is 2.76 bits per heavy atom. The topological polar surface area (TPSA) is 66.4 Å². The van der Waals surface area contributed by atoms with Crippen LogP contribution in [0, 0.1) is 11.3 Å². The molecule has 21 heavy (non-hydrogen) atoms. The largest absolute Gasteiger partial charge is 0.481 e. The first-order valence-corrected chi connectivity index (χ1v) is 7.92. The van der Waals surface area contributed by atoms with Crippen LogP contribution in [0.1, 0.15) is 44.7 Å². The number of aliphatic carboxylic acids is 1. The molecule has 0 aliphatic heterocycles. The van der Waals surface area contributed by atoms with E-state index in [0.717, 1.165) is 22.9 Å². The monoisotopic (exact) mass is 353 g/mol. The fourth-order valence-corrected chi connectivity index (χ4v) is 3.05. The van der Waals surface area contributed by atoms with Gasteiger partial charge in [-0.3, -0.25) is 9.59 Å². The molecule has 114 valence electrons. The van der Waals surface area contributed by atoms with Gasteiger partial charge in [0.05, 0.1) is 12.5 Å². The second-order valence-electron chi connectivity index (χ2n) is 5.98. The first kappa shape index (κ1) is 16.0. The van der Waals surface area contributed by atoms with E-state index in [4.69, 9.17) is 5.11 Å². The van der Waals surface area contributed by atoms with E-state index in [1.165, 1.54) is 0 Å². The van der Waals surface area contributed by atoms with Gasteiger partial charge in [0.15, 0.2) is 0 Å². The van der Waals surface area contributed by atoms with Gasteiger partial charge >= 0.3 is 5.97 Å². The lowest BCUT2D eigenvalue weighted by Gasteiger charge is -2.18. The van der Waals surface area contributed by atoms with E-state index in [1.54, 1.807) is 0 Å². The number of nitrogens with one attached hydrogen (secondary N) is 1. The van der Waals surface area contributed by atoms with Gasteiger partial charge in [0, 0.05) is 10.4 Å². The molecule has 0 spiro atoms. The summed E-state index contributed by atoms with van der Waals surface area (Å²) in [5, 5.41) is 12.0. The Bertz CT molecular complexity index is 560. The molecular formula is C16H20BrNO3. The quantitative estimate of drug-likeness (QED) is 0.822. The molecule has 0 radical (unpaired) electrons. The van der Waals surface area contributed by atoms with Crippen molar-refractivity contribution >= 4 is 27.8 Å². The lowest BCUT2D eigenvalue weighted by atomic mass is 10.0. The van der Waals surface area contributed by atoms with Crippen LogP contribution in [0.2, 0.25) is 0 Å². The summed E-state index contributed by atoms with van der Waals surface area (Å²) in [6.07, 6.45) is 1.73. The van der Waals surface area contributed by atoms with Crippen LogP contribution in [0.5, 0.6) is 0 Å². The van der Waals surface area contributed by atoms with Crippen LogP contribution in [0.3, 0.4) is 0 Å². The van der Waals surface area contributed by atoms with Crippen molar-refractivity contribution in [2.45, 2.75) is 39.2 Å². The molecule has 0 heterocycles. The van der Waals surface area contributed by atoms with Crippen molar-refractivity contribution in [2.24, 2.45) is 11.3 Å². The van der Waals surface area contributed by atoms with E-state index < -0.39 is 12.0 Å². The molecule has 1 aliphatic carbocycles. The Labute approximate surface area is 133 Å². The zero-order chi connectivity index (χ0) is 15.6. The number of carbonyl (C=O) groups excluding carboxylic acids is 1. The summed E-state index contributed by atoms with van der Waals surface area (Å²) in [6, 6.07) is 6.91. The molecule has 2 rings (SSSR count). The van der Waals surface area contributed by atoms with Crippen LogP contribution in [-0.4, -0.2) is 17.0 Å². The standard InChI is InChI=1S/C16H20BrNO3/c1-3-16(2)9-12(16)15(21)18-13(8-14(19)20)10-5-4-6-11(17)7-10/h4-7,12-13H,3,8-9H2,1-2H3,(H,18,21)(H,19,20). The maximum atomic E-state index is 12.3. The molecule has 3 atom stereocenters. The van der Waals surface area contributed by atoms with Crippen molar-refractivity contribution in [3.8, 4) is 0 Å². The van der Waals surface area contributed by atoms with E-state index in [-0.39, 0.29) is 23.7 Å². The van der Waals surface area contributed by atoms with Gasteiger partial charge in [-0.25, -0.2) is 0 Å². The molecule has 1 fully saturated rings. The normalized spacial score (nSPS) is 25.2. The van der Waals surface area contributed by atoms with Crippen LogP contribution in [0.25, 0.3) is 0 Å². The van der Waals surface area contributed by atoms with E-state index in [0.29, 0.717) is 0 Å². The molecular weight excluding hydrogens is 334 g/mol. The minimum atomic E-state index is -0.922. The highest BCUT2D eigenvalue weighted by Gasteiger charge is 2.53. The number of halogens is 1. The number of carbonyl (C=O) groups is 2. The fraction of sp³-hybridized carbons (Fsp3) is 0.500. The molecule has 0 aromatic heterocycles. The maximum absolute atomic E-state index is 12.3. The lowest BCUT2D eigenvalue weighted by Crippen LogP contribution is -2.32. The molecule has 1 saturated carbocycles. The third kappa shape index (κ3) is 3.84. The summed E-state index contributed by atoms with van der Waals surface area (Å²) < 4.78 is 0.870. The second-order valence-corrected chi connectivity index (χ2v) is 6.89. The number of hydrogen-bond acceptors (Lipinski definition) is 2. The molecule has 1 aliphatic rings. The predicted octanol–water partition coefficient (Wildman–Crippen LogP) is 3.52. The number of carboxylic acids is 1. The average Bonchev–Trinajstić information content (AvgIpc) is 3.11.